The molecule has 1 saturated carbocycles. The van der Waals surface area contributed by atoms with Crippen molar-refractivity contribution in [1.82, 2.24) is 4.90 Å². The van der Waals surface area contributed by atoms with Gasteiger partial charge in [0.1, 0.15) is 0 Å². The quantitative estimate of drug-likeness (QED) is 0.617. The summed E-state index contributed by atoms with van der Waals surface area (Å²) in [5, 5.41) is 0. The van der Waals surface area contributed by atoms with Gasteiger partial charge in [0, 0.05) is 24.9 Å². The van der Waals surface area contributed by atoms with E-state index in [1.165, 1.54) is 0 Å². The van der Waals surface area contributed by atoms with Crippen LogP contribution in [0.3, 0.4) is 0 Å². The topological polar surface area (TPSA) is 20.3 Å². The smallest absolute Gasteiger partial charge is 0.225 e. The normalized spacial score (nSPS) is 26.9. The number of hydrogen-bond donors (Lipinski definition) is 0. The van der Waals surface area contributed by atoms with Gasteiger partial charge in [0.05, 0.1) is 0 Å². The maximum Gasteiger partial charge on any atom is 0.225 e. The van der Waals surface area contributed by atoms with Gasteiger partial charge in [-0.2, -0.15) is 0 Å². The number of carbonyl (C=O) groups excluding carboxylic acids is 1. The van der Waals surface area contributed by atoms with E-state index in [4.69, 9.17) is 11.6 Å². The second-order valence-corrected chi connectivity index (χ2v) is 3.80. The zero-order valence-corrected chi connectivity index (χ0v) is 8.47. The first-order valence-electron chi connectivity index (χ1n) is 4.55. The zero-order chi connectivity index (χ0) is 9.14. The largest absolute Gasteiger partial charge is 0.342 e. The van der Waals surface area contributed by atoms with Crippen LogP contribution in [0.5, 0.6) is 0 Å². The van der Waals surface area contributed by atoms with Crippen LogP contribution in [0.25, 0.3) is 0 Å². The molecule has 0 saturated heterocycles. The lowest BCUT2D eigenvalue weighted by atomic mass is 10.3. The number of hydrogen-bond acceptors (Lipinski definition) is 1. The van der Waals surface area contributed by atoms with Crippen LogP contribution in [0, 0.1) is 11.8 Å². The molecule has 1 rings (SSSR count). The molecule has 2 atom stereocenters. The molecule has 0 N–H and O–H groups in total. The van der Waals surface area contributed by atoms with Gasteiger partial charge >= 0.3 is 0 Å². The van der Waals surface area contributed by atoms with Crippen LogP contribution in [0.2, 0.25) is 0 Å². The van der Waals surface area contributed by atoms with Gasteiger partial charge in [-0.25, -0.2) is 0 Å². The molecule has 1 fully saturated rings. The van der Waals surface area contributed by atoms with Crippen molar-refractivity contribution in [2.75, 3.05) is 19.0 Å². The molecular weight excluding hydrogens is 174 g/mol. The minimum absolute atomic E-state index is 0.297. The van der Waals surface area contributed by atoms with Crippen LogP contribution in [0.1, 0.15) is 20.3 Å². The highest BCUT2D eigenvalue weighted by Gasteiger charge is 2.40. The van der Waals surface area contributed by atoms with Gasteiger partial charge < -0.3 is 4.90 Å². The lowest BCUT2D eigenvalue weighted by molar-refractivity contribution is -0.132. The van der Waals surface area contributed by atoms with Crippen molar-refractivity contribution in [3.05, 3.63) is 0 Å². The Hall–Kier alpha value is -0.240. The van der Waals surface area contributed by atoms with E-state index in [1.54, 1.807) is 0 Å². The van der Waals surface area contributed by atoms with Crippen LogP contribution in [0.15, 0.2) is 0 Å². The van der Waals surface area contributed by atoms with Gasteiger partial charge in [-0.05, 0) is 19.3 Å². The first kappa shape index (κ1) is 9.85. The Morgan fingerprint density at radius 1 is 1.67 bits per heavy atom. The first-order valence-corrected chi connectivity index (χ1v) is 5.08. The summed E-state index contributed by atoms with van der Waals surface area (Å²) >= 11 is 5.59. The third-order valence-electron chi connectivity index (χ3n) is 2.47. The lowest BCUT2D eigenvalue weighted by Crippen LogP contribution is -2.34. The number of amides is 1. The molecule has 3 heteroatoms. The van der Waals surface area contributed by atoms with E-state index >= 15 is 0 Å². The van der Waals surface area contributed by atoms with Crippen molar-refractivity contribution in [2.45, 2.75) is 20.3 Å². The molecule has 2 nitrogen and oxygen atoms in total. The Morgan fingerprint density at radius 2 is 2.25 bits per heavy atom. The lowest BCUT2D eigenvalue weighted by Gasteiger charge is -2.19. The van der Waals surface area contributed by atoms with Gasteiger partial charge in [-0.15, -0.1) is 11.6 Å². The van der Waals surface area contributed by atoms with Crippen molar-refractivity contribution in [3.8, 4) is 0 Å². The fraction of sp³-hybridized carbons (Fsp3) is 0.889. The van der Waals surface area contributed by atoms with Crippen molar-refractivity contribution in [1.29, 1.82) is 0 Å². The molecule has 0 spiro atoms. The van der Waals surface area contributed by atoms with Crippen molar-refractivity contribution in [3.63, 3.8) is 0 Å². The number of halogens is 1. The number of nitrogens with zero attached hydrogens (tertiary/aromatic N) is 1. The third-order valence-corrected chi connectivity index (χ3v) is 2.64. The third kappa shape index (κ3) is 2.13. The fourth-order valence-electron chi connectivity index (χ4n) is 1.43. The molecule has 0 aromatic rings. The Labute approximate surface area is 78.9 Å². The van der Waals surface area contributed by atoms with E-state index in [0.29, 0.717) is 30.2 Å². The predicted molar refractivity (Wildman–Crippen MR) is 50.2 cm³/mol. The maximum absolute atomic E-state index is 11.6. The van der Waals surface area contributed by atoms with Crippen LogP contribution in [-0.2, 0) is 4.79 Å². The Bertz CT molecular complexity index is 172. The van der Waals surface area contributed by atoms with E-state index < -0.39 is 0 Å². The molecule has 1 aliphatic carbocycles. The number of alkyl halides is 1. The SMILES string of the molecule is CCN(CCCl)C(=O)C1CC1C. The van der Waals surface area contributed by atoms with Crippen molar-refractivity contribution >= 4 is 17.5 Å². The standard InChI is InChI=1S/C9H16ClNO/c1-3-11(5-4-10)9(12)8-6-7(8)2/h7-8H,3-6H2,1-2H3. The molecule has 0 aromatic heterocycles. The molecule has 70 valence electrons. The van der Waals surface area contributed by atoms with Crippen molar-refractivity contribution < 1.29 is 4.79 Å². The van der Waals surface area contributed by atoms with E-state index in [1.807, 2.05) is 11.8 Å². The summed E-state index contributed by atoms with van der Waals surface area (Å²) in [6, 6.07) is 0. The second-order valence-electron chi connectivity index (χ2n) is 3.43. The van der Waals surface area contributed by atoms with Crippen LogP contribution in [-0.4, -0.2) is 29.8 Å². The monoisotopic (exact) mass is 189 g/mol. The highest BCUT2D eigenvalue weighted by atomic mass is 35.5. The first-order chi connectivity index (χ1) is 5.70. The van der Waals surface area contributed by atoms with Gasteiger partial charge in [0.15, 0.2) is 0 Å². The molecule has 0 heterocycles. The summed E-state index contributed by atoms with van der Waals surface area (Å²) in [6.45, 7) is 5.60. The second kappa shape index (κ2) is 4.13. The highest BCUT2D eigenvalue weighted by molar-refractivity contribution is 6.18. The van der Waals surface area contributed by atoms with Crippen LogP contribution >= 0.6 is 11.6 Å². The summed E-state index contributed by atoms with van der Waals surface area (Å²) in [4.78, 5) is 13.5. The predicted octanol–water partition coefficient (Wildman–Crippen LogP) is 1.73. The van der Waals surface area contributed by atoms with Gasteiger partial charge in [0.2, 0.25) is 5.91 Å². The Kier molecular flexibility index (Phi) is 3.39. The molecule has 0 radical (unpaired) electrons. The average molecular weight is 190 g/mol. The maximum atomic E-state index is 11.6. The van der Waals surface area contributed by atoms with Crippen LogP contribution < -0.4 is 0 Å². The summed E-state index contributed by atoms with van der Waals surface area (Å²) in [5.74, 6) is 1.74. The van der Waals surface area contributed by atoms with E-state index in [2.05, 4.69) is 6.92 Å². The zero-order valence-electron chi connectivity index (χ0n) is 7.72. The summed E-state index contributed by atoms with van der Waals surface area (Å²) < 4.78 is 0. The van der Waals surface area contributed by atoms with Crippen molar-refractivity contribution in [2.24, 2.45) is 11.8 Å². The minimum Gasteiger partial charge on any atom is -0.342 e. The highest BCUT2D eigenvalue weighted by Crippen LogP contribution is 2.39. The fourth-order valence-corrected chi connectivity index (χ4v) is 1.63. The molecule has 0 bridgehead atoms. The Morgan fingerprint density at radius 3 is 2.58 bits per heavy atom. The molecule has 12 heavy (non-hydrogen) atoms. The van der Waals surface area contributed by atoms with Gasteiger partial charge in [-0.3, -0.25) is 4.79 Å². The van der Waals surface area contributed by atoms with Gasteiger partial charge in [0.25, 0.3) is 0 Å². The van der Waals surface area contributed by atoms with Gasteiger partial charge in [-0.1, -0.05) is 6.92 Å². The molecule has 2 unspecified atom stereocenters. The average Bonchev–Trinajstić information content (AvgIpc) is 2.77. The molecule has 0 aromatic carbocycles. The number of rotatable bonds is 4. The molecule has 1 aliphatic rings. The summed E-state index contributed by atoms with van der Waals surface area (Å²) in [6.07, 6.45) is 1.07. The van der Waals surface area contributed by atoms with E-state index in [-0.39, 0.29) is 0 Å². The molecule has 1 amide bonds. The summed E-state index contributed by atoms with van der Waals surface area (Å²) in [5.41, 5.74) is 0. The van der Waals surface area contributed by atoms with Crippen LogP contribution in [0.4, 0.5) is 0 Å². The van der Waals surface area contributed by atoms with E-state index in [9.17, 15) is 4.79 Å². The Balaban J connectivity index is 2.37. The molecular formula is C9H16ClNO. The molecule has 0 aliphatic heterocycles. The minimum atomic E-state index is 0.297. The van der Waals surface area contributed by atoms with E-state index in [0.717, 1.165) is 13.0 Å². The number of carbonyl (C=O) groups is 1. The summed E-state index contributed by atoms with van der Waals surface area (Å²) in [7, 11) is 0.